The van der Waals surface area contributed by atoms with Gasteiger partial charge in [-0.1, -0.05) is 49.4 Å². The first kappa shape index (κ1) is 23.5. The van der Waals surface area contributed by atoms with Crippen molar-refractivity contribution in [3.8, 4) is 0 Å². The summed E-state index contributed by atoms with van der Waals surface area (Å²) < 4.78 is 5.09. The number of carbonyl (C=O) groups is 2. The maximum Gasteiger partial charge on any atom is 0.327 e. The molecule has 3 aromatic rings. The molecule has 176 valence electrons. The maximum absolute atomic E-state index is 12.5. The molecule has 1 amide bonds. The Bertz CT molecular complexity index is 1090. The number of amides is 1. The molecular weight excluding hydrogens is 426 g/mol. The molecule has 0 aromatic heterocycles. The average Bonchev–Trinajstić information content (AvgIpc) is 2.90. The van der Waals surface area contributed by atoms with Crippen molar-refractivity contribution in [2.75, 3.05) is 43.5 Å². The molecule has 1 N–H and O–H groups in total. The molecule has 0 radical (unpaired) electrons. The second-order valence-electron chi connectivity index (χ2n) is 8.41. The fraction of sp³-hybridized carbons (Fsp3) is 0.286. The molecule has 1 fully saturated rings. The molecule has 0 spiro atoms. The number of benzene rings is 3. The van der Waals surface area contributed by atoms with Gasteiger partial charge in [-0.15, -0.1) is 0 Å². The van der Waals surface area contributed by atoms with Crippen LogP contribution in [0.3, 0.4) is 0 Å². The Balaban J connectivity index is 1.36. The van der Waals surface area contributed by atoms with E-state index in [2.05, 4.69) is 22.0 Å². The van der Waals surface area contributed by atoms with Crippen molar-refractivity contribution in [1.29, 1.82) is 0 Å². The van der Waals surface area contributed by atoms with Gasteiger partial charge in [0.15, 0.2) is 0 Å². The molecule has 6 nitrogen and oxygen atoms in total. The van der Waals surface area contributed by atoms with E-state index in [0.29, 0.717) is 5.56 Å². The number of methoxy groups -OCH3 is 1. The summed E-state index contributed by atoms with van der Waals surface area (Å²) in [5.74, 6) is -0.345. The summed E-state index contributed by atoms with van der Waals surface area (Å²) in [7, 11) is 1.44. The summed E-state index contributed by atoms with van der Waals surface area (Å²) in [6.45, 7) is 5.20. The molecule has 0 saturated carbocycles. The predicted octanol–water partition coefficient (Wildman–Crippen LogP) is 4.54. The number of nitrogens with zero attached hydrogens (tertiary/aromatic N) is 2. The molecule has 1 saturated heterocycles. The summed E-state index contributed by atoms with van der Waals surface area (Å²) in [5.41, 5.74) is 4.67. The van der Waals surface area contributed by atoms with Crippen LogP contribution in [-0.2, 0) is 16.0 Å². The summed E-state index contributed by atoms with van der Waals surface area (Å²) in [6, 6.07) is 25.0. The van der Waals surface area contributed by atoms with Crippen molar-refractivity contribution in [1.82, 2.24) is 4.90 Å². The highest BCUT2D eigenvalue weighted by atomic mass is 16.5. The lowest BCUT2D eigenvalue weighted by Crippen LogP contribution is -2.49. The molecule has 1 heterocycles. The van der Waals surface area contributed by atoms with E-state index in [4.69, 9.17) is 4.74 Å². The van der Waals surface area contributed by atoms with E-state index in [-0.39, 0.29) is 11.9 Å². The van der Waals surface area contributed by atoms with Crippen LogP contribution in [0.5, 0.6) is 0 Å². The standard InChI is InChI=1S/C28H31N3O3/c1-3-21-9-11-23(12-10-21)27(32)29-24-13-15-25(16-14-24)30-17-19-31(20-18-30)26(28(33)34-2)22-7-5-4-6-8-22/h4-16,26H,3,17-20H2,1-2H3,(H,29,32). The van der Waals surface area contributed by atoms with Crippen LogP contribution in [0.2, 0.25) is 0 Å². The van der Waals surface area contributed by atoms with Gasteiger partial charge in [0.05, 0.1) is 7.11 Å². The summed E-state index contributed by atoms with van der Waals surface area (Å²) in [6.07, 6.45) is 0.952. The van der Waals surface area contributed by atoms with E-state index < -0.39 is 6.04 Å². The van der Waals surface area contributed by atoms with Gasteiger partial charge in [0.25, 0.3) is 5.91 Å². The minimum atomic E-state index is -0.391. The number of esters is 1. The van der Waals surface area contributed by atoms with E-state index in [1.54, 1.807) is 0 Å². The second kappa shape index (κ2) is 11.0. The molecule has 1 aliphatic rings. The van der Waals surface area contributed by atoms with Crippen molar-refractivity contribution in [2.45, 2.75) is 19.4 Å². The van der Waals surface area contributed by atoms with Gasteiger partial charge in [-0.25, -0.2) is 4.79 Å². The van der Waals surface area contributed by atoms with Gasteiger partial charge in [-0.05, 0) is 53.9 Å². The smallest absolute Gasteiger partial charge is 0.327 e. The van der Waals surface area contributed by atoms with Crippen molar-refractivity contribution in [3.63, 3.8) is 0 Å². The van der Waals surface area contributed by atoms with Crippen LogP contribution < -0.4 is 10.2 Å². The topological polar surface area (TPSA) is 61.9 Å². The van der Waals surface area contributed by atoms with Gasteiger partial charge in [0.1, 0.15) is 6.04 Å². The zero-order chi connectivity index (χ0) is 23.9. The van der Waals surface area contributed by atoms with Gasteiger partial charge >= 0.3 is 5.97 Å². The molecule has 34 heavy (non-hydrogen) atoms. The number of nitrogens with one attached hydrogen (secondary N) is 1. The monoisotopic (exact) mass is 457 g/mol. The van der Waals surface area contributed by atoms with Crippen LogP contribution >= 0.6 is 0 Å². The van der Waals surface area contributed by atoms with E-state index >= 15 is 0 Å². The van der Waals surface area contributed by atoms with Gasteiger partial charge < -0.3 is 15.0 Å². The Hall–Kier alpha value is -3.64. The van der Waals surface area contributed by atoms with E-state index in [0.717, 1.165) is 49.5 Å². The van der Waals surface area contributed by atoms with Crippen molar-refractivity contribution >= 4 is 23.3 Å². The summed E-state index contributed by atoms with van der Waals surface area (Å²) in [5, 5.41) is 2.97. The van der Waals surface area contributed by atoms with E-state index in [9.17, 15) is 9.59 Å². The normalized spacial score (nSPS) is 14.9. The van der Waals surface area contributed by atoms with Crippen LogP contribution in [0.1, 0.15) is 34.5 Å². The third kappa shape index (κ3) is 5.46. The Morgan fingerprint density at radius 3 is 2.12 bits per heavy atom. The quantitative estimate of drug-likeness (QED) is 0.528. The zero-order valence-corrected chi connectivity index (χ0v) is 19.7. The predicted molar refractivity (Wildman–Crippen MR) is 135 cm³/mol. The van der Waals surface area contributed by atoms with E-state index in [1.165, 1.54) is 12.7 Å². The fourth-order valence-corrected chi connectivity index (χ4v) is 4.33. The Morgan fingerprint density at radius 1 is 0.882 bits per heavy atom. The zero-order valence-electron chi connectivity index (χ0n) is 19.7. The largest absolute Gasteiger partial charge is 0.468 e. The first-order valence-electron chi connectivity index (χ1n) is 11.7. The van der Waals surface area contributed by atoms with Crippen LogP contribution in [-0.4, -0.2) is 50.1 Å². The average molecular weight is 458 g/mol. The highest BCUT2D eigenvalue weighted by Crippen LogP contribution is 2.26. The highest BCUT2D eigenvalue weighted by Gasteiger charge is 2.31. The first-order valence-corrected chi connectivity index (χ1v) is 11.7. The molecular formula is C28H31N3O3. The fourth-order valence-electron chi connectivity index (χ4n) is 4.33. The Kier molecular flexibility index (Phi) is 7.60. The van der Waals surface area contributed by atoms with Crippen molar-refractivity contribution in [2.24, 2.45) is 0 Å². The minimum absolute atomic E-state index is 0.112. The summed E-state index contributed by atoms with van der Waals surface area (Å²) in [4.78, 5) is 29.5. The number of aryl methyl sites for hydroxylation is 1. The highest BCUT2D eigenvalue weighted by molar-refractivity contribution is 6.04. The molecule has 1 aliphatic heterocycles. The maximum atomic E-state index is 12.5. The van der Waals surface area contributed by atoms with Crippen LogP contribution in [0.15, 0.2) is 78.9 Å². The lowest BCUT2D eigenvalue weighted by atomic mass is 10.0. The number of ether oxygens (including phenoxy) is 1. The van der Waals surface area contributed by atoms with Crippen LogP contribution in [0, 0.1) is 0 Å². The first-order chi connectivity index (χ1) is 16.6. The number of anilines is 2. The number of piperazine rings is 1. The molecule has 0 aliphatic carbocycles. The van der Waals surface area contributed by atoms with Gasteiger partial charge in [0, 0.05) is 43.1 Å². The van der Waals surface area contributed by atoms with Crippen LogP contribution in [0.4, 0.5) is 11.4 Å². The third-order valence-corrected chi connectivity index (χ3v) is 6.33. The SMILES string of the molecule is CCc1ccc(C(=O)Nc2ccc(N3CCN(C(C(=O)OC)c4ccccc4)CC3)cc2)cc1. The Morgan fingerprint density at radius 2 is 1.53 bits per heavy atom. The van der Waals surface area contributed by atoms with Gasteiger partial charge in [0.2, 0.25) is 0 Å². The van der Waals surface area contributed by atoms with E-state index in [1.807, 2.05) is 78.9 Å². The number of carbonyl (C=O) groups excluding carboxylic acids is 2. The number of hydrogen-bond donors (Lipinski definition) is 1. The molecule has 1 unspecified atom stereocenters. The van der Waals surface area contributed by atoms with Gasteiger partial charge in [-0.2, -0.15) is 0 Å². The molecule has 1 atom stereocenters. The lowest BCUT2D eigenvalue weighted by molar-refractivity contribution is -0.147. The second-order valence-corrected chi connectivity index (χ2v) is 8.41. The number of rotatable bonds is 7. The van der Waals surface area contributed by atoms with Crippen molar-refractivity contribution in [3.05, 3.63) is 95.6 Å². The molecule has 3 aromatic carbocycles. The molecule has 6 heteroatoms. The van der Waals surface area contributed by atoms with Crippen LogP contribution in [0.25, 0.3) is 0 Å². The Labute approximate surface area is 201 Å². The molecule has 0 bridgehead atoms. The minimum Gasteiger partial charge on any atom is -0.468 e. The lowest BCUT2D eigenvalue weighted by Gasteiger charge is -2.39. The number of hydrogen-bond acceptors (Lipinski definition) is 5. The van der Waals surface area contributed by atoms with Gasteiger partial charge in [-0.3, -0.25) is 9.69 Å². The van der Waals surface area contributed by atoms with Crippen molar-refractivity contribution < 1.29 is 14.3 Å². The summed E-state index contributed by atoms with van der Waals surface area (Å²) >= 11 is 0. The third-order valence-electron chi connectivity index (χ3n) is 6.33. The molecule has 4 rings (SSSR count).